The standard InChI is InChI=1S/C13H12N2O4/c1-2-19-13(16)11-7-6-10(5-3-4-8-14)12(9-11)15(17)18/h3,5-7,9H,2,4H2,1H3. The van der Waals surface area contributed by atoms with Gasteiger partial charge in [-0.25, -0.2) is 4.79 Å². The lowest BCUT2D eigenvalue weighted by molar-refractivity contribution is -0.385. The van der Waals surface area contributed by atoms with E-state index in [4.69, 9.17) is 10.00 Å². The molecule has 19 heavy (non-hydrogen) atoms. The predicted molar refractivity (Wildman–Crippen MR) is 68.3 cm³/mol. The minimum Gasteiger partial charge on any atom is -0.462 e. The van der Waals surface area contributed by atoms with Gasteiger partial charge in [-0.2, -0.15) is 5.26 Å². The number of benzene rings is 1. The Morgan fingerprint density at radius 1 is 1.58 bits per heavy atom. The maximum absolute atomic E-state index is 11.5. The highest BCUT2D eigenvalue weighted by molar-refractivity contribution is 5.90. The zero-order valence-electron chi connectivity index (χ0n) is 10.3. The predicted octanol–water partition coefficient (Wildman–Crippen LogP) is 2.70. The van der Waals surface area contributed by atoms with Crippen LogP contribution in [0, 0.1) is 21.4 Å². The van der Waals surface area contributed by atoms with E-state index >= 15 is 0 Å². The summed E-state index contributed by atoms with van der Waals surface area (Å²) in [5.41, 5.74) is 0.277. The Hall–Kier alpha value is -2.68. The van der Waals surface area contributed by atoms with Gasteiger partial charge >= 0.3 is 5.97 Å². The molecule has 0 aliphatic rings. The van der Waals surface area contributed by atoms with Gasteiger partial charge in [0.05, 0.1) is 35.1 Å². The molecule has 0 heterocycles. The maximum Gasteiger partial charge on any atom is 0.338 e. The molecule has 0 aromatic heterocycles. The van der Waals surface area contributed by atoms with Gasteiger partial charge < -0.3 is 4.74 Å². The molecule has 0 unspecified atom stereocenters. The molecule has 0 bridgehead atoms. The second-order valence-corrected chi connectivity index (χ2v) is 3.52. The molecule has 6 nitrogen and oxygen atoms in total. The zero-order chi connectivity index (χ0) is 14.3. The third kappa shape index (κ3) is 3.92. The van der Waals surface area contributed by atoms with Crippen LogP contribution in [0.3, 0.4) is 0 Å². The largest absolute Gasteiger partial charge is 0.462 e. The van der Waals surface area contributed by atoms with E-state index in [-0.39, 0.29) is 24.3 Å². The number of rotatable bonds is 5. The fourth-order valence-corrected chi connectivity index (χ4v) is 1.42. The summed E-state index contributed by atoms with van der Waals surface area (Å²) in [6, 6.07) is 5.98. The zero-order valence-corrected chi connectivity index (χ0v) is 10.3. The van der Waals surface area contributed by atoms with Crippen LogP contribution in [0.1, 0.15) is 29.3 Å². The summed E-state index contributed by atoms with van der Waals surface area (Å²) in [4.78, 5) is 21.9. The van der Waals surface area contributed by atoms with Gasteiger partial charge in [0.1, 0.15) is 0 Å². The van der Waals surface area contributed by atoms with Crippen molar-refractivity contribution >= 4 is 17.7 Å². The Balaban J connectivity index is 3.12. The second-order valence-electron chi connectivity index (χ2n) is 3.52. The Bertz CT molecular complexity index is 558. The maximum atomic E-state index is 11.5. The van der Waals surface area contributed by atoms with Crippen molar-refractivity contribution in [3.63, 3.8) is 0 Å². The minimum atomic E-state index is -0.599. The van der Waals surface area contributed by atoms with Gasteiger partial charge in [0.15, 0.2) is 0 Å². The Morgan fingerprint density at radius 2 is 2.32 bits per heavy atom. The Labute approximate surface area is 110 Å². The first kappa shape index (κ1) is 14.4. The molecule has 6 heteroatoms. The van der Waals surface area contributed by atoms with Crippen LogP contribution >= 0.6 is 0 Å². The minimum absolute atomic E-state index is 0.131. The van der Waals surface area contributed by atoms with Gasteiger partial charge in [-0.1, -0.05) is 12.2 Å². The lowest BCUT2D eigenvalue weighted by atomic mass is 10.1. The summed E-state index contributed by atoms with van der Waals surface area (Å²) in [5.74, 6) is -0.599. The molecule has 1 rings (SSSR count). The van der Waals surface area contributed by atoms with Gasteiger partial charge in [0.2, 0.25) is 0 Å². The van der Waals surface area contributed by atoms with Gasteiger partial charge in [-0.3, -0.25) is 10.1 Å². The van der Waals surface area contributed by atoms with Crippen molar-refractivity contribution in [2.75, 3.05) is 6.61 Å². The molecule has 0 aliphatic heterocycles. The normalized spacial score (nSPS) is 10.1. The number of hydrogen-bond donors (Lipinski definition) is 0. The average molecular weight is 260 g/mol. The highest BCUT2D eigenvalue weighted by Crippen LogP contribution is 2.22. The summed E-state index contributed by atoms with van der Waals surface area (Å²) >= 11 is 0. The van der Waals surface area contributed by atoms with Crippen LogP contribution in [0.15, 0.2) is 24.3 Å². The molecular weight excluding hydrogens is 248 g/mol. The third-order valence-corrected chi connectivity index (χ3v) is 2.24. The summed E-state index contributed by atoms with van der Waals surface area (Å²) in [7, 11) is 0. The summed E-state index contributed by atoms with van der Waals surface area (Å²) < 4.78 is 4.78. The molecule has 98 valence electrons. The van der Waals surface area contributed by atoms with Crippen LogP contribution in [0.4, 0.5) is 5.69 Å². The number of nitro benzene ring substituents is 1. The number of hydrogen-bond acceptors (Lipinski definition) is 5. The van der Waals surface area contributed by atoms with Crippen LogP contribution in [-0.4, -0.2) is 17.5 Å². The van der Waals surface area contributed by atoms with Crippen molar-refractivity contribution in [1.82, 2.24) is 0 Å². The van der Waals surface area contributed by atoms with Gasteiger partial charge in [0, 0.05) is 6.07 Å². The van der Waals surface area contributed by atoms with Crippen LogP contribution < -0.4 is 0 Å². The number of nitriles is 1. The molecule has 1 aromatic carbocycles. The Kier molecular flexibility index (Phi) is 5.23. The average Bonchev–Trinajstić information content (AvgIpc) is 2.39. The molecule has 0 aliphatic carbocycles. The summed E-state index contributed by atoms with van der Waals surface area (Å²) in [5, 5.41) is 19.3. The van der Waals surface area contributed by atoms with Crippen LogP contribution in [0.2, 0.25) is 0 Å². The SMILES string of the molecule is CCOC(=O)c1ccc(C=CCC#N)c([N+](=O)[O-])c1. The topological polar surface area (TPSA) is 93.2 Å². The molecule has 0 saturated heterocycles. The smallest absolute Gasteiger partial charge is 0.338 e. The van der Waals surface area contributed by atoms with E-state index in [0.29, 0.717) is 5.56 Å². The van der Waals surface area contributed by atoms with E-state index in [9.17, 15) is 14.9 Å². The molecule has 0 spiro atoms. The fraction of sp³-hybridized carbons (Fsp3) is 0.231. The molecule has 0 N–H and O–H groups in total. The number of nitrogens with zero attached hydrogens (tertiary/aromatic N) is 2. The first-order chi connectivity index (χ1) is 9.10. The van der Waals surface area contributed by atoms with Crippen LogP contribution in [-0.2, 0) is 4.74 Å². The van der Waals surface area contributed by atoms with Crippen molar-refractivity contribution in [2.24, 2.45) is 0 Å². The number of nitro groups is 1. The van der Waals surface area contributed by atoms with E-state index in [1.54, 1.807) is 6.92 Å². The molecule has 1 aromatic rings. The number of esters is 1. The van der Waals surface area contributed by atoms with Crippen molar-refractivity contribution in [3.05, 3.63) is 45.5 Å². The molecule has 0 atom stereocenters. The van der Waals surface area contributed by atoms with Crippen LogP contribution in [0.5, 0.6) is 0 Å². The number of carbonyl (C=O) groups excluding carboxylic acids is 1. The van der Waals surface area contributed by atoms with Gasteiger partial charge in [0.25, 0.3) is 5.69 Å². The molecule has 0 radical (unpaired) electrons. The van der Waals surface area contributed by atoms with Crippen LogP contribution in [0.25, 0.3) is 6.08 Å². The van der Waals surface area contributed by atoms with Crippen molar-refractivity contribution in [1.29, 1.82) is 5.26 Å². The summed E-state index contributed by atoms with van der Waals surface area (Å²) in [6.45, 7) is 1.86. The number of allylic oxidation sites excluding steroid dienone is 1. The fourth-order valence-electron chi connectivity index (χ4n) is 1.42. The monoisotopic (exact) mass is 260 g/mol. The van der Waals surface area contributed by atoms with E-state index in [0.717, 1.165) is 0 Å². The van der Waals surface area contributed by atoms with E-state index in [1.807, 2.05) is 6.07 Å². The Morgan fingerprint density at radius 3 is 2.89 bits per heavy atom. The van der Waals surface area contributed by atoms with Crippen molar-refractivity contribution in [2.45, 2.75) is 13.3 Å². The highest BCUT2D eigenvalue weighted by Gasteiger charge is 2.16. The lowest BCUT2D eigenvalue weighted by Crippen LogP contribution is -2.05. The highest BCUT2D eigenvalue weighted by atomic mass is 16.6. The van der Waals surface area contributed by atoms with Gasteiger partial charge in [-0.05, 0) is 19.1 Å². The van der Waals surface area contributed by atoms with E-state index in [1.165, 1.54) is 30.4 Å². The van der Waals surface area contributed by atoms with Crippen molar-refractivity contribution in [3.8, 4) is 6.07 Å². The first-order valence-electron chi connectivity index (χ1n) is 5.59. The van der Waals surface area contributed by atoms with E-state index in [2.05, 4.69) is 0 Å². The van der Waals surface area contributed by atoms with Gasteiger partial charge in [-0.15, -0.1) is 0 Å². The van der Waals surface area contributed by atoms with E-state index < -0.39 is 10.9 Å². The van der Waals surface area contributed by atoms with Crippen molar-refractivity contribution < 1.29 is 14.5 Å². The summed E-state index contributed by atoms with van der Waals surface area (Å²) in [6.07, 6.45) is 3.17. The molecule has 0 amide bonds. The molecule has 0 fully saturated rings. The number of carbonyl (C=O) groups is 1. The number of ether oxygens (including phenoxy) is 1. The molecular formula is C13H12N2O4. The lowest BCUT2D eigenvalue weighted by Gasteiger charge is -2.03. The first-order valence-corrected chi connectivity index (χ1v) is 5.59. The quantitative estimate of drug-likeness (QED) is 0.461. The second kappa shape index (κ2) is 6.91. The third-order valence-electron chi connectivity index (χ3n) is 2.24. The molecule has 0 saturated carbocycles.